The Hall–Kier alpha value is -2.57. The van der Waals surface area contributed by atoms with Gasteiger partial charge in [-0.2, -0.15) is 0 Å². The molecule has 2 aromatic rings. The van der Waals surface area contributed by atoms with E-state index in [0.717, 1.165) is 25.2 Å². The van der Waals surface area contributed by atoms with Crippen LogP contribution in [0.5, 0.6) is 0 Å². The number of nitrogens with two attached hydrogens (primary N) is 1. The van der Waals surface area contributed by atoms with Gasteiger partial charge in [-0.1, -0.05) is 29.8 Å². The van der Waals surface area contributed by atoms with E-state index >= 15 is 0 Å². The van der Waals surface area contributed by atoms with E-state index in [2.05, 4.69) is 28.1 Å². The predicted octanol–water partition coefficient (Wildman–Crippen LogP) is 2.10. The maximum absolute atomic E-state index is 12.7. The fourth-order valence-electron chi connectivity index (χ4n) is 3.86. The molecule has 1 fully saturated rings. The number of nitrogens with one attached hydrogen (secondary N) is 3. The first-order valence-corrected chi connectivity index (χ1v) is 8.83. The van der Waals surface area contributed by atoms with Gasteiger partial charge in [0.2, 0.25) is 11.8 Å². The second-order valence-corrected chi connectivity index (χ2v) is 7.27. The molecule has 0 saturated carbocycles. The standard InChI is InChI=1S/C19H19ClN4O2/c20-14-7-11(5-6-12(14)17(21)25)24-18(26)16-8-19(10-23-16)9-22-15-4-2-1-3-13(15)19/h1-7,16,22-23H,8-10H2,(H2,21,25)(H,24,26). The zero-order valence-electron chi connectivity index (χ0n) is 14.0. The minimum absolute atomic E-state index is 0.0634. The highest BCUT2D eigenvalue weighted by molar-refractivity contribution is 6.34. The number of fused-ring (bicyclic) bond motifs is 2. The summed E-state index contributed by atoms with van der Waals surface area (Å²) in [7, 11) is 0. The average Bonchev–Trinajstić information content (AvgIpc) is 3.21. The summed E-state index contributed by atoms with van der Waals surface area (Å²) in [5, 5.41) is 9.85. The number of carbonyl (C=O) groups is 2. The van der Waals surface area contributed by atoms with E-state index in [1.165, 1.54) is 17.7 Å². The van der Waals surface area contributed by atoms with Crippen molar-refractivity contribution in [1.82, 2.24) is 5.32 Å². The van der Waals surface area contributed by atoms with Crippen LogP contribution >= 0.6 is 11.6 Å². The maximum atomic E-state index is 12.7. The van der Waals surface area contributed by atoms with Crippen LogP contribution < -0.4 is 21.7 Å². The molecule has 26 heavy (non-hydrogen) atoms. The van der Waals surface area contributed by atoms with Gasteiger partial charge in [0.15, 0.2) is 0 Å². The molecule has 2 amide bonds. The third kappa shape index (κ3) is 2.81. The van der Waals surface area contributed by atoms with Crippen LogP contribution in [0.25, 0.3) is 0 Å². The summed E-state index contributed by atoms with van der Waals surface area (Å²) in [6.07, 6.45) is 0.718. The topological polar surface area (TPSA) is 96.2 Å². The van der Waals surface area contributed by atoms with E-state index < -0.39 is 5.91 Å². The number of anilines is 2. The van der Waals surface area contributed by atoms with E-state index in [1.54, 1.807) is 6.07 Å². The van der Waals surface area contributed by atoms with Gasteiger partial charge in [-0.3, -0.25) is 9.59 Å². The molecule has 6 nitrogen and oxygen atoms in total. The number of benzene rings is 2. The van der Waals surface area contributed by atoms with Crippen LogP contribution in [0.4, 0.5) is 11.4 Å². The zero-order chi connectivity index (χ0) is 18.3. The summed E-state index contributed by atoms with van der Waals surface area (Å²) in [4.78, 5) is 23.9. The summed E-state index contributed by atoms with van der Waals surface area (Å²) in [5.74, 6) is -0.714. The summed E-state index contributed by atoms with van der Waals surface area (Å²) >= 11 is 6.05. The lowest BCUT2D eigenvalue weighted by atomic mass is 9.80. The molecular weight excluding hydrogens is 352 g/mol. The van der Waals surface area contributed by atoms with Gasteiger partial charge in [-0.05, 0) is 36.2 Å². The van der Waals surface area contributed by atoms with Crippen molar-refractivity contribution in [2.45, 2.75) is 17.9 Å². The molecule has 7 heteroatoms. The second kappa shape index (κ2) is 6.30. The number of amides is 2. The third-order valence-corrected chi connectivity index (χ3v) is 5.53. The number of hydrogen-bond acceptors (Lipinski definition) is 4. The fourth-order valence-corrected chi connectivity index (χ4v) is 4.13. The van der Waals surface area contributed by atoms with Gasteiger partial charge in [-0.25, -0.2) is 0 Å². The molecule has 5 N–H and O–H groups in total. The van der Waals surface area contributed by atoms with E-state index in [1.807, 2.05) is 12.1 Å². The molecule has 2 aliphatic heterocycles. The van der Waals surface area contributed by atoms with Crippen molar-refractivity contribution in [3.63, 3.8) is 0 Å². The van der Waals surface area contributed by atoms with Gasteiger partial charge in [0, 0.05) is 29.9 Å². The molecule has 134 valence electrons. The van der Waals surface area contributed by atoms with E-state index in [4.69, 9.17) is 17.3 Å². The minimum atomic E-state index is -0.598. The highest BCUT2D eigenvalue weighted by atomic mass is 35.5. The van der Waals surface area contributed by atoms with Gasteiger partial charge in [0.05, 0.1) is 16.6 Å². The second-order valence-electron chi connectivity index (χ2n) is 6.87. The summed E-state index contributed by atoms with van der Waals surface area (Å²) in [6.45, 7) is 1.57. The first-order chi connectivity index (χ1) is 12.5. The molecule has 0 radical (unpaired) electrons. The normalized spacial score (nSPS) is 23.5. The van der Waals surface area contributed by atoms with Crippen molar-refractivity contribution in [2.24, 2.45) is 5.73 Å². The van der Waals surface area contributed by atoms with Crippen molar-refractivity contribution >= 4 is 34.8 Å². The molecular formula is C19H19ClN4O2. The molecule has 2 aliphatic rings. The lowest BCUT2D eigenvalue weighted by Crippen LogP contribution is -2.35. The lowest BCUT2D eigenvalue weighted by molar-refractivity contribution is -0.117. The van der Waals surface area contributed by atoms with E-state index in [9.17, 15) is 9.59 Å². The van der Waals surface area contributed by atoms with Crippen LogP contribution in [-0.4, -0.2) is 30.9 Å². The monoisotopic (exact) mass is 370 g/mol. The Kier molecular flexibility index (Phi) is 4.09. The van der Waals surface area contributed by atoms with Crippen LogP contribution in [0.1, 0.15) is 22.3 Å². The van der Waals surface area contributed by atoms with E-state index in [0.29, 0.717) is 5.69 Å². The van der Waals surface area contributed by atoms with Crippen molar-refractivity contribution in [3.05, 3.63) is 58.6 Å². The van der Waals surface area contributed by atoms with Gasteiger partial charge < -0.3 is 21.7 Å². The summed E-state index contributed by atoms with van der Waals surface area (Å²) in [5.41, 5.74) is 8.36. The Morgan fingerprint density at radius 3 is 2.77 bits per heavy atom. The number of rotatable bonds is 3. The molecule has 0 aliphatic carbocycles. The summed E-state index contributed by atoms with van der Waals surface area (Å²) < 4.78 is 0. The Morgan fingerprint density at radius 1 is 1.19 bits per heavy atom. The Balaban J connectivity index is 1.48. The minimum Gasteiger partial charge on any atom is -0.384 e. The number of primary amides is 1. The maximum Gasteiger partial charge on any atom is 0.250 e. The zero-order valence-corrected chi connectivity index (χ0v) is 14.8. The van der Waals surface area contributed by atoms with Crippen LogP contribution in [0.15, 0.2) is 42.5 Å². The Labute approximate surface area is 156 Å². The van der Waals surface area contributed by atoms with Crippen molar-refractivity contribution in [1.29, 1.82) is 0 Å². The number of halogens is 1. The number of hydrogen-bond donors (Lipinski definition) is 4. The van der Waals surface area contributed by atoms with Gasteiger partial charge in [0.1, 0.15) is 0 Å². The van der Waals surface area contributed by atoms with Gasteiger partial charge in [-0.15, -0.1) is 0 Å². The first-order valence-electron chi connectivity index (χ1n) is 8.45. The first kappa shape index (κ1) is 16.9. The molecule has 4 rings (SSSR count). The predicted molar refractivity (Wildman–Crippen MR) is 102 cm³/mol. The van der Waals surface area contributed by atoms with Crippen LogP contribution in [-0.2, 0) is 10.2 Å². The molecule has 0 aromatic heterocycles. The largest absolute Gasteiger partial charge is 0.384 e. The smallest absolute Gasteiger partial charge is 0.250 e. The highest BCUT2D eigenvalue weighted by Gasteiger charge is 2.46. The van der Waals surface area contributed by atoms with Crippen LogP contribution in [0.2, 0.25) is 5.02 Å². The quantitative estimate of drug-likeness (QED) is 0.665. The molecule has 2 heterocycles. The van der Waals surface area contributed by atoms with Crippen molar-refractivity contribution in [2.75, 3.05) is 23.7 Å². The fraction of sp³-hybridized carbons (Fsp3) is 0.263. The van der Waals surface area contributed by atoms with Crippen molar-refractivity contribution < 1.29 is 9.59 Å². The van der Waals surface area contributed by atoms with Crippen LogP contribution in [0.3, 0.4) is 0 Å². The molecule has 0 bridgehead atoms. The SMILES string of the molecule is NC(=O)c1ccc(NC(=O)C2CC3(CNc4ccccc43)CN2)cc1Cl. The highest BCUT2D eigenvalue weighted by Crippen LogP contribution is 2.42. The van der Waals surface area contributed by atoms with E-state index in [-0.39, 0.29) is 28.0 Å². The molecule has 1 spiro atoms. The third-order valence-electron chi connectivity index (χ3n) is 5.22. The average molecular weight is 371 g/mol. The molecule has 2 aromatic carbocycles. The van der Waals surface area contributed by atoms with Gasteiger partial charge in [0.25, 0.3) is 0 Å². The van der Waals surface area contributed by atoms with Gasteiger partial charge >= 0.3 is 0 Å². The number of carbonyl (C=O) groups excluding carboxylic acids is 2. The lowest BCUT2D eigenvalue weighted by Gasteiger charge is -2.22. The molecule has 2 atom stereocenters. The van der Waals surface area contributed by atoms with Crippen molar-refractivity contribution in [3.8, 4) is 0 Å². The molecule has 2 unspecified atom stereocenters. The Bertz CT molecular complexity index is 901. The van der Waals surface area contributed by atoms with Crippen LogP contribution in [0, 0.1) is 0 Å². The number of para-hydroxylation sites is 1. The molecule has 1 saturated heterocycles. The Morgan fingerprint density at radius 2 is 2.00 bits per heavy atom. The summed E-state index contributed by atoms with van der Waals surface area (Å²) in [6, 6.07) is 12.6.